The van der Waals surface area contributed by atoms with Gasteiger partial charge in [0.2, 0.25) is 0 Å². The Labute approximate surface area is 106 Å². The van der Waals surface area contributed by atoms with E-state index in [1.54, 1.807) is 18.2 Å². The Balaban J connectivity index is 2.19. The minimum absolute atomic E-state index is 0.151. The van der Waals surface area contributed by atoms with Crippen LogP contribution in [0.3, 0.4) is 0 Å². The van der Waals surface area contributed by atoms with E-state index in [4.69, 9.17) is 10.5 Å². The summed E-state index contributed by atoms with van der Waals surface area (Å²) in [5.74, 6) is -0.875. The van der Waals surface area contributed by atoms with Crippen molar-refractivity contribution in [1.29, 1.82) is 0 Å². The monoisotopic (exact) mass is 252 g/mol. The van der Waals surface area contributed by atoms with E-state index in [1.165, 1.54) is 13.2 Å². The summed E-state index contributed by atoms with van der Waals surface area (Å²) >= 11 is 0. The van der Waals surface area contributed by atoms with Crippen LogP contribution in [0.15, 0.2) is 24.3 Å². The highest BCUT2D eigenvalue weighted by atomic mass is 19.1. The van der Waals surface area contributed by atoms with E-state index in [0.717, 1.165) is 0 Å². The second kappa shape index (κ2) is 5.35. The standard InChI is InChI=1S/C13H17FN2O2/c1-18-13(17)9-6-10(15)8-16(7-9)12-5-3-2-4-11(12)14/h2-5,9-10H,6-8,15H2,1H3. The number of nitrogens with zero attached hydrogens (tertiary/aromatic N) is 1. The number of benzene rings is 1. The highest BCUT2D eigenvalue weighted by molar-refractivity contribution is 5.73. The zero-order chi connectivity index (χ0) is 13.1. The number of hydrogen-bond acceptors (Lipinski definition) is 4. The van der Waals surface area contributed by atoms with Crippen LogP contribution in [0.2, 0.25) is 0 Å². The molecule has 0 bridgehead atoms. The van der Waals surface area contributed by atoms with Gasteiger partial charge in [0, 0.05) is 19.1 Å². The van der Waals surface area contributed by atoms with Crippen LogP contribution in [0, 0.1) is 11.7 Å². The SMILES string of the molecule is COC(=O)C1CC(N)CN(c2ccccc2F)C1. The average Bonchev–Trinajstić information content (AvgIpc) is 2.37. The van der Waals surface area contributed by atoms with E-state index < -0.39 is 0 Å². The predicted molar refractivity (Wildman–Crippen MR) is 66.7 cm³/mol. The summed E-state index contributed by atoms with van der Waals surface area (Å²) in [7, 11) is 1.36. The number of para-hydroxylation sites is 1. The average molecular weight is 252 g/mol. The van der Waals surface area contributed by atoms with E-state index in [2.05, 4.69) is 0 Å². The molecule has 98 valence electrons. The molecule has 2 rings (SSSR count). The van der Waals surface area contributed by atoms with Gasteiger partial charge < -0.3 is 15.4 Å². The number of hydrogen-bond donors (Lipinski definition) is 1. The van der Waals surface area contributed by atoms with Crippen molar-refractivity contribution in [2.24, 2.45) is 11.7 Å². The topological polar surface area (TPSA) is 55.6 Å². The van der Waals surface area contributed by atoms with E-state index in [9.17, 15) is 9.18 Å². The Morgan fingerprint density at radius 2 is 2.17 bits per heavy atom. The Bertz CT molecular complexity index is 439. The third kappa shape index (κ3) is 2.61. The molecule has 4 nitrogen and oxygen atoms in total. The van der Waals surface area contributed by atoms with Crippen LogP contribution >= 0.6 is 0 Å². The number of carbonyl (C=O) groups excluding carboxylic acids is 1. The molecular weight excluding hydrogens is 235 g/mol. The smallest absolute Gasteiger partial charge is 0.310 e. The van der Waals surface area contributed by atoms with Crippen LogP contribution in [0.4, 0.5) is 10.1 Å². The number of anilines is 1. The number of esters is 1. The van der Waals surface area contributed by atoms with E-state index in [1.807, 2.05) is 4.90 Å². The molecule has 0 spiro atoms. The van der Waals surface area contributed by atoms with Gasteiger partial charge in [-0.25, -0.2) is 4.39 Å². The molecule has 1 aromatic rings. The van der Waals surface area contributed by atoms with Crippen molar-refractivity contribution in [3.05, 3.63) is 30.1 Å². The Kier molecular flexibility index (Phi) is 3.81. The first-order chi connectivity index (χ1) is 8.61. The second-order valence-corrected chi connectivity index (χ2v) is 4.57. The molecule has 1 saturated heterocycles. The molecule has 0 aromatic heterocycles. The third-order valence-corrected chi connectivity index (χ3v) is 3.21. The summed E-state index contributed by atoms with van der Waals surface area (Å²) in [4.78, 5) is 13.4. The molecule has 1 aromatic carbocycles. The van der Waals surface area contributed by atoms with Crippen molar-refractivity contribution < 1.29 is 13.9 Å². The van der Waals surface area contributed by atoms with E-state index in [-0.39, 0.29) is 23.7 Å². The molecule has 1 aliphatic heterocycles. The molecular formula is C13H17FN2O2. The fraction of sp³-hybridized carbons (Fsp3) is 0.462. The maximum absolute atomic E-state index is 13.7. The first-order valence-corrected chi connectivity index (χ1v) is 5.94. The van der Waals surface area contributed by atoms with Crippen LogP contribution in [0.5, 0.6) is 0 Å². The lowest BCUT2D eigenvalue weighted by Crippen LogP contribution is -2.49. The van der Waals surface area contributed by atoms with Crippen LogP contribution in [-0.4, -0.2) is 32.2 Å². The number of carbonyl (C=O) groups is 1. The first kappa shape index (κ1) is 12.8. The minimum atomic E-state index is -0.296. The molecule has 18 heavy (non-hydrogen) atoms. The number of methoxy groups -OCH3 is 1. The van der Waals surface area contributed by atoms with Crippen LogP contribution in [0.25, 0.3) is 0 Å². The van der Waals surface area contributed by atoms with Crippen molar-refractivity contribution in [3.63, 3.8) is 0 Å². The second-order valence-electron chi connectivity index (χ2n) is 4.57. The summed E-state index contributed by atoms with van der Waals surface area (Å²) in [5.41, 5.74) is 6.41. The normalized spacial score (nSPS) is 23.8. The van der Waals surface area contributed by atoms with Crippen molar-refractivity contribution in [1.82, 2.24) is 0 Å². The summed E-state index contributed by atoms with van der Waals surface area (Å²) in [6, 6.07) is 6.36. The van der Waals surface area contributed by atoms with Gasteiger partial charge in [0.1, 0.15) is 5.82 Å². The Morgan fingerprint density at radius 3 is 2.83 bits per heavy atom. The number of ether oxygens (including phenoxy) is 1. The summed E-state index contributed by atoms with van der Waals surface area (Å²) in [6.07, 6.45) is 0.581. The van der Waals surface area contributed by atoms with Gasteiger partial charge in [-0.3, -0.25) is 4.79 Å². The fourth-order valence-corrected chi connectivity index (χ4v) is 2.38. The minimum Gasteiger partial charge on any atom is -0.469 e. The highest BCUT2D eigenvalue weighted by Crippen LogP contribution is 2.25. The van der Waals surface area contributed by atoms with Gasteiger partial charge in [0.15, 0.2) is 0 Å². The van der Waals surface area contributed by atoms with Gasteiger partial charge in [-0.15, -0.1) is 0 Å². The molecule has 1 heterocycles. The number of rotatable bonds is 2. The van der Waals surface area contributed by atoms with Gasteiger partial charge in [-0.05, 0) is 18.6 Å². The molecule has 2 unspecified atom stereocenters. The largest absolute Gasteiger partial charge is 0.469 e. The van der Waals surface area contributed by atoms with Gasteiger partial charge in [-0.1, -0.05) is 12.1 Å². The summed E-state index contributed by atoms with van der Waals surface area (Å²) < 4.78 is 18.5. The molecule has 2 atom stereocenters. The fourth-order valence-electron chi connectivity index (χ4n) is 2.38. The molecule has 0 saturated carbocycles. The maximum atomic E-state index is 13.7. The lowest BCUT2D eigenvalue weighted by molar-refractivity contribution is -0.145. The Morgan fingerprint density at radius 1 is 1.44 bits per heavy atom. The van der Waals surface area contributed by atoms with Crippen molar-refractivity contribution >= 4 is 11.7 Å². The van der Waals surface area contributed by atoms with E-state index in [0.29, 0.717) is 25.2 Å². The lowest BCUT2D eigenvalue weighted by Gasteiger charge is -2.36. The maximum Gasteiger partial charge on any atom is 0.310 e. The van der Waals surface area contributed by atoms with Crippen molar-refractivity contribution in [2.45, 2.75) is 12.5 Å². The van der Waals surface area contributed by atoms with Crippen LogP contribution < -0.4 is 10.6 Å². The van der Waals surface area contributed by atoms with Crippen molar-refractivity contribution in [3.8, 4) is 0 Å². The zero-order valence-corrected chi connectivity index (χ0v) is 10.3. The molecule has 0 aliphatic carbocycles. The van der Waals surface area contributed by atoms with Gasteiger partial charge in [-0.2, -0.15) is 0 Å². The van der Waals surface area contributed by atoms with Gasteiger partial charge in [0.05, 0.1) is 18.7 Å². The zero-order valence-electron chi connectivity index (χ0n) is 10.3. The van der Waals surface area contributed by atoms with E-state index >= 15 is 0 Å². The summed E-state index contributed by atoms with van der Waals surface area (Å²) in [6.45, 7) is 0.996. The number of nitrogens with two attached hydrogens (primary N) is 1. The number of piperidine rings is 1. The number of halogens is 1. The van der Waals surface area contributed by atoms with Crippen molar-refractivity contribution in [2.75, 3.05) is 25.1 Å². The Hall–Kier alpha value is -1.62. The lowest BCUT2D eigenvalue weighted by atomic mass is 9.94. The molecule has 2 N–H and O–H groups in total. The molecule has 0 amide bonds. The van der Waals surface area contributed by atoms with Gasteiger partial charge >= 0.3 is 5.97 Å². The molecule has 5 heteroatoms. The summed E-state index contributed by atoms with van der Waals surface area (Å²) in [5, 5.41) is 0. The predicted octanol–water partition coefficient (Wildman–Crippen LogP) is 1.15. The first-order valence-electron chi connectivity index (χ1n) is 5.94. The quantitative estimate of drug-likeness (QED) is 0.802. The highest BCUT2D eigenvalue weighted by Gasteiger charge is 2.31. The van der Waals surface area contributed by atoms with Gasteiger partial charge in [0.25, 0.3) is 0 Å². The van der Waals surface area contributed by atoms with Crippen LogP contribution in [-0.2, 0) is 9.53 Å². The third-order valence-electron chi connectivity index (χ3n) is 3.21. The molecule has 0 radical (unpaired) electrons. The van der Waals surface area contributed by atoms with Crippen LogP contribution in [0.1, 0.15) is 6.42 Å². The molecule has 1 aliphatic rings. The molecule has 1 fully saturated rings.